The number of amides is 6. The van der Waals surface area contributed by atoms with Crippen LogP contribution >= 0.6 is 0 Å². The third-order valence-corrected chi connectivity index (χ3v) is 24.9. The minimum absolute atomic E-state index is 0.00334. The maximum atomic E-state index is 15.5. The number of urea groups is 2. The van der Waals surface area contributed by atoms with Crippen molar-refractivity contribution in [2.75, 3.05) is 155 Å². The van der Waals surface area contributed by atoms with Gasteiger partial charge in [0.05, 0.1) is 120 Å². The van der Waals surface area contributed by atoms with E-state index in [0.29, 0.717) is 91.2 Å². The summed E-state index contributed by atoms with van der Waals surface area (Å²) in [5.74, 6) is -4.84. The SMILES string of the molecule is CCOc1ncccc1[C@]1(NC(=O)N2CCN(C3CCN(C4COC4)CC3)CC2)C(=O)N(S(=O)(=O)c2cc(F)c(OC)cc2OC)c2ccc(C#N)cc21.CCOc1ncccc1[C@]1(NC(=O)N2CCN(C3CCN(C4COC4)CC3)CC2)C(=O)N(S(=O)(=O)c2ccc(OC)cc2OC)c2cc(F)c(C#N)cc21. The molecule has 30 nitrogen and oxygen atoms in total. The lowest BCUT2D eigenvalue weighted by molar-refractivity contribution is -0.122. The maximum absolute atomic E-state index is 15.5. The average Bonchev–Trinajstić information content (AvgIpc) is 1.55. The molecule has 10 heterocycles. The standard InChI is InChI=1S/2C37H42FN7O8S/c1-4-53-34-28(6-5-11-40-34)37(41-36(47)44-16-14-43(15-17-44)25-9-12-42(13-10-25)26-22-52-23-26)29-18-24(21-39)30(38)20-31(29)45(35(37)46)54(48,49)33-8-7-27(50-2)19-32(33)51-3;1-4-53-34-27(6-5-11-40-34)37(41-36(47)44-16-14-43(15-17-44)25-9-12-42(13-10-25)26-22-52-23-26)28-18-24(21-39)7-8-30(28)45(35(37)46)54(48,49)33-19-29(38)31(50-2)20-32(33)51-3/h2*5-8,11,18-20,25-26H,4,9-10,12-17,22-23H2,1-3H3,(H,41,47)/t2*37-/m11/s1. The number of rotatable bonds is 20. The number of anilines is 2. The molecular formula is C74H84F2N14O16S2. The molecule has 0 aliphatic carbocycles. The Kier molecular flexibility index (Phi) is 22.3. The minimum Gasteiger partial charge on any atom is -0.497 e. The quantitative estimate of drug-likeness (QED) is 0.0972. The van der Waals surface area contributed by atoms with Gasteiger partial charge in [-0.05, 0) is 100 Å². The van der Waals surface area contributed by atoms with E-state index in [1.54, 1.807) is 29.7 Å². The lowest BCUT2D eigenvalue weighted by Crippen LogP contribution is -2.61. The normalized spacial score (nSPS) is 21.3. The molecule has 0 bridgehead atoms. The Hall–Kier alpha value is -10.0. The highest BCUT2D eigenvalue weighted by Gasteiger charge is 2.62. The number of fused-ring (bicyclic) bond motifs is 2. The highest BCUT2D eigenvalue weighted by atomic mass is 32.2. The first-order valence-corrected chi connectivity index (χ1v) is 38.6. The third kappa shape index (κ3) is 13.8. The second kappa shape index (κ2) is 31.6. The van der Waals surface area contributed by atoms with Gasteiger partial charge in [0, 0.05) is 138 Å². The second-order valence-electron chi connectivity index (χ2n) is 27.0. The van der Waals surface area contributed by atoms with E-state index < -0.39 is 87.7 Å². The zero-order chi connectivity index (χ0) is 76.4. The number of pyridine rings is 2. The number of likely N-dealkylation sites (tertiary alicyclic amines) is 2. The van der Waals surface area contributed by atoms with Crippen molar-refractivity contribution in [2.45, 2.75) is 84.6 Å². The number of nitrogens with one attached hydrogen (secondary N) is 2. The van der Waals surface area contributed by atoms with E-state index >= 15 is 18.4 Å². The van der Waals surface area contributed by atoms with E-state index in [-0.39, 0.29) is 81.5 Å². The molecule has 2 N–H and O–H groups in total. The minimum atomic E-state index is -4.97. The number of carbonyl (C=O) groups is 4. The fourth-order valence-electron chi connectivity index (χ4n) is 15.6. The van der Waals surface area contributed by atoms with E-state index in [9.17, 15) is 36.9 Å². The van der Waals surface area contributed by atoms with Gasteiger partial charge in [-0.3, -0.25) is 29.2 Å². The molecule has 2 atom stereocenters. The number of ether oxygens (including phenoxy) is 8. The van der Waals surface area contributed by atoms with Gasteiger partial charge < -0.3 is 58.3 Å². The molecule has 6 amide bonds. The van der Waals surface area contributed by atoms with E-state index in [0.717, 1.165) is 96.5 Å². The van der Waals surface area contributed by atoms with E-state index in [4.69, 9.17) is 37.9 Å². The van der Waals surface area contributed by atoms with Crippen LogP contribution in [-0.2, 0) is 50.2 Å². The molecule has 0 spiro atoms. The van der Waals surface area contributed by atoms with Gasteiger partial charge in [-0.1, -0.05) is 0 Å². The largest absolute Gasteiger partial charge is 0.497 e. The predicted octanol–water partition coefficient (Wildman–Crippen LogP) is 5.36. The number of halogens is 2. The van der Waals surface area contributed by atoms with Gasteiger partial charge in [-0.2, -0.15) is 19.1 Å². The fourth-order valence-corrected chi connectivity index (χ4v) is 18.8. The first-order valence-electron chi connectivity index (χ1n) is 35.7. The van der Waals surface area contributed by atoms with Gasteiger partial charge >= 0.3 is 12.1 Å². The number of methoxy groups -OCH3 is 4. The lowest BCUT2D eigenvalue weighted by atomic mass is 9.83. The number of nitriles is 2. The van der Waals surface area contributed by atoms with E-state index in [1.165, 1.54) is 101 Å². The topological polar surface area (TPSA) is 334 Å². The van der Waals surface area contributed by atoms with Crippen LogP contribution in [0.2, 0.25) is 0 Å². The zero-order valence-corrected chi connectivity index (χ0v) is 62.2. The van der Waals surface area contributed by atoms with Gasteiger partial charge in [-0.25, -0.2) is 45.2 Å². The lowest BCUT2D eigenvalue weighted by Gasteiger charge is -2.46. The number of hydrogen-bond acceptors (Lipinski definition) is 24. The Bertz CT molecular complexity index is 4750. The Morgan fingerprint density at radius 1 is 0.519 bits per heavy atom. The Morgan fingerprint density at radius 3 is 1.43 bits per heavy atom. The fraction of sp³-hybridized carbons (Fsp3) is 0.459. The van der Waals surface area contributed by atoms with Crippen molar-refractivity contribution in [1.82, 2.24) is 50.0 Å². The highest BCUT2D eigenvalue weighted by Crippen LogP contribution is 2.53. The van der Waals surface area contributed by atoms with Crippen LogP contribution in [0, 0.1) is 34.3 Å². The van der Waals surface area contributed by atoms with Crippen LogP contribution in [0.4, 0.5) is 29.7 Å². The molecule has 0 radical (unpaired) electrons. The number of nitrogens with zero attached hydrogens (tertiary/aromatic N) is 12. The van der Waals surface area contributed by atoms with Crippen molar-refractivity contribution in [1.29, 1.82) is 10.5 Å². The van der Waals surface area contributed by atoms with Crippen LogP contribution in [0.5, 0.6) is 34.8 Å². The van der Waals surface area contributed by atoms with Crippen LogP contribution in [0.15, 0.2) is 107 Å². The van der Waals surface area contributed by atoms with Gasteiger partial charge in [0.1, 0.15) is 38.9 Å². The Balaban J connectivity index is 0.000000190. The summed E-state index contributed by atoms with van der Waals surface area (Å²) in [6.07, 6.45) is 6.94. The summed E-state index contributed by atoms with van der Waals surface area (Å²) in [5.41, 5.74) is -5.60. The number of piperidine rings is 2. The number of benzene rings is 4. The van der Waals surface area contributed by atoms with Crippen molar-refractivity contribution in [3.63, 3.8) is 0 Å². The van der Waals surface area contributed by atoms with Crippen molar-refractivity contribution < 1.29 is 82.7 Å². The molecular weight excluding hydrogens is 1440 g/mol. The molecule has 0 unspecified atom stereocenters. The first kappa shape index (κ1) is 76.2. The van der Waals surface area contributed by atoms with Gasteiger partial charge in [0.25, 0.3) is 31.9 Å². The monoisotopic (exact) mass is 1530 g/mol. The van der Waals surface area contributed by atoms with Gasteiger partial charge in [0.2, 0.25) is 11.8 Å². The maximum Gasteiger partial charge on any atom is 0.318 e. The number of aromatic nitrogens is 2. The molecule has 108 heavy (non-hydrogen) atoms. The van der Waals surface area contributed by atoms with Gasteiger partial charge in [-0.15, -0.1) is 0 Å². The van der Waals surface area contributed by atoms with Crippen molar-refractivity contribution in [3.05, 3.63) is 142 Å². The van der Waals surface area contributed by atoms with Crippen molar-refractivity contribution >= 4 is 55.3 Å². The average molecular weight is 1530 g/mol. The summed E-state index contributed by atoms with van der Waals surface area (Å²) in [6.45, 7) is 14.6. The Morgan fingerprint density at radius 2 is 0.981 bits per heavy atom. The summed E-state index contributed by atoms with van der Waals surface area (Å²) >= 11 is 0. The molecule has 0 saturated carbocycles. The second-order valence-corrected chi connectivity index (χ2v) is 30.5. The van der Waals surface area contributed by atoms with Crippen molar-refractivity contribution in [2.24, 2.45) is 0 Å². The summed E-state index contributed by atoms with van der Waals surface area (Å²) in [4.78, 5) is 79.8. The molecule has 34 heteroatoms. The summed E-state index contributed by atoms with van der Waals surface area (Å²) in [5, 5.41) is 25.7. The number of sulfonamides is 2. The van der Waals surface area contributed by atoms with E-state index in [2.05, 4.69) is 40.2 Å². The number of hydrogen-bond donors (Lipinski definition) is 2. The highest BCUT2D eigenvalue weighted by molar-refractivity contribution is 7.94. The molecule has 8 aliphatic heterocycles. The molecule has 2 aromatic heterocycles. The summed E-state index contributed by atoms with van der Waals surface area (Å²) in [6, 6.07) is 22.0. The molecule has 6 saturated heterocycles. The van der Waals surface area contributed by atoms with Crippen LogP contribution in [-0.4, -0.2) is 251 Å². The van der Waals surface area contributed by atoms with Crippen molar-refractivity contribution in [3.8, 4) is 46.9 Å². The molecule has 6 fully saturated rings. The molecule has 6 aromatic rings. The smallest absolute Gasteiger partial charge is 0.318 e. The first-order chi connectivity index (χ1) is 52.1. The summed E-state index contributed by atoms with van der Waals surface area (Å²) in [7, 11) is -4.78. The van der Waals surface area contributed by atoms with E-state index in [1.807, 2.05) is 6.07 Å². The van der Waals surface area contributed by atoms with Crippen LogP contribution in [0.25, 0.3) is 0 Å². The third-order valence-electron chi connectivity index (χ3n) is 21.4. The van der Waals surface area contributed by atoms with Crippen LogP contribution < -0.4 is 47.7 Å². The number of carbonyl (C=O) groups excluding carboxylic acids is 4. The number of piperazine rings is 2. The van der Waals surface area contributed by atoms with Gasteiger partial charge in [0.15, 0.2) is 22.6 Å². The molecule has 572 valence electrons. The molecule has 4 aromatic carbocycles. The summed E-state index contributed by atoms with van der Waals surface area (Å²) < 4.78 is 134. The van der Waals surface area contributed by atoms with Crippen LogP contribution in [0.3, 0.4) is 0 Å². The zero-order valence-electron chi connectivity index (χ0n) is 60.6. The predicted molar refractivity (Wildman–Crippen MR) is 385 cm³/mol. The Labute approximate surface area is 624 Å². The molecule has 8 aliphatic rings. The van der Waals surface area contributed by atoms with Crippen LogP contribution in [0.1, 0.15) is 72.9 Å². The molecule has 14 rings (SSSR count).